The molecule has 1 amide bonds. The standard InChI is InChI=1S/C80H135NO18/c1-3-5-7-9-11-13-15-17-19-21-23-24-25-26-27-28-29-30-31-32-33-34-35-36-37-38-40-42-44-46-48-50-52-54-56-58-68(86)81-63(64(85)57-55-53-51-49-47-45-43-41-39-22-20-18-16-14-12-10-8-6-4-2)62-94-78-74(92)71(89)76(66(60-83)96-78)99-80-75(93)72(90)77(67(61-84)97-80)98-79-73(91)70(88)69(87)65(59-82)95-79/h5,7,11,13,17,19,23-24,26-27,29-30,32-33,35-36,38,40,44,46,63-67,69-80,82-85,87-93H,3-4,6,8-10,12,14-16,18,20-22,25,28,31,34,37,39,41-43,45,47-62H2,1-2H3,(H,81,86)/b7-5-,13-11-,19-17-,24-23-,27-26-,30-29-,33-32-,36-35-,40-38-,46-44-. The summed E-state index contributed by atoms with van der Waals surface area (Å²) < 4.78 is 34.4. The van der Waals surface area contributed by atoms with E-state index in [0.717, 1.165) is 109 Å². The number of carbonyl (C=O) groups is 1. The van der Waals surface area contributed by atoms with E-state index < -0.39 is 124 Å². The lowest BCUT2D eigenvalue weighted by atomic mass is 9.96. The van der Waals surface area contributed by atoms with Crippen LogP contribution in [-0.4, -0.2) is 193 Å². The van der Waals surface area contributed by atoms with Gasteiger partial charge >= 0.3 is 0 Å². The van der Waals surface area contributed by atoms with Crippen LogP contribution in [0.5, 0.6) is 0 Å². The van der Waals surface area contributed by atoms with E-state index in [0.29, 0.717) is 19.3 Å². The highest BCUT2D eigenvalue weighted by molar-refractivity contribution is 5.76. The molecule has 0 aromatic carbocycles. The zero-order valence-corrected chi connectivity index (χ0v) is 60.4. The second kappa shape index (κ2) is 59.6. The number of hydrogen-bond acceptors (Lipinski definition) is 18. The highest BCUT2D eigenvalue weighted by Crippen LogP contribution is 2.33. The number of aliphatic hydroxyl groups is 11. The third-order valence-corrected chi connectivity index (χ3v) is 18.3. The summed E-state index contributed by atoms with van der Waals surface area (Å²) in [5, 5.41) is 121. The summed E-state index contributed by atoms with van der Waals surface area (Å²) in [7, 11) is 0. The molecular formula is C80H135NO18. The maximum Gasteiger partial charge on any atom is 0.220 e. The molecule has 3 saturated heterocycles. The summed E-state index contributed by atoms with van der Waals surface area (Å²) in [6, 6.07) is -0.911. The van der Waals surface area contributed by atoms with Crippen molar-refractivity contribution in [2.45, 2.75) is 349 Å². The Morgan fingerprint density at radius 1 is 0.374 bits per heavy atom. The van der Waals surface area contributed by atoms with Crippen molar-refractivity contribution in [3.05, 3.63) is 122 Å². The maximum absolute atomic E-state index is 13.5. The average molecular weight is 1400 g/mol. The third-order valence-electron chi connectivity index (χ3n) is 18.3. The van der Waals surface area contributed by atoms with Gasteiger partial charge in [0.05, 0.1) is 38.6 Å². The van der Waals surface area contributed by atoms with Gasteiger partial charge in [-0.2, -0.15) is 0 Å². The van der Waals surface area contributed by atoms with Gasteiger partial charge in [0.25, 0.3) is 0 Å². The molecule has 19 heteroatoms. The van der Waals surface area contributed by atoms with Crippen LogP contribution < -0.4 is 5.32 Å². The number of aliphatic hydroxyl groups excluding tert-OH is 11. The Bertz CT molecular complexity index is 2260. The molecule has 3 rings (SSSR count). The number of allylic oxidation sites excluding steroid dienone is 20. The zero-order chi connectivity index (χ0) is 71.8. The summed E-state index contributed by atoms with van der Waals surface area (Å²) >= 11 is 0. The molecule has 0 bridgehead atoms. The van der Waals surface area contributed by atoms with Gasteiger partial charge in [-0.3, -0.25) is 4.79 Å². The molecule has 17 atom stereocenters. The number of nitrogens with one attached hydrogen (secondary N) is 1. The van der Waals surface area contributed by atoms with Gasteiger partial charge < -0.3 is 89.9 Å². The Morgan fingerprint density at radius 2 is 0.697 bits per heavy atom. The Balaban J connectivity index is 1.39. The van der Waals surface area contributed by atoms with Gasteiger partial charge in [0.15, 0.2) is 18.9 Å². The fourth-order valence-electron chi connectivity index (χ4n) is 12.2. The van der Waals surface area contributed by atoms with Crippen LogP contribution in [0.1, 0.15) is 245 Å². The number of unbranched alkanes of at least 4 members (excludes halogenated alkanes) is 22. The lowest BCUT2D eigenvalue weighted by Crippen LogP contribution is -2.66. The molecule has 17 unspecified atom stereocenters. The van der Waals surface area contributed by atoms with E-state index in [1.165, 1.54) is 96.3 Å². The van der Waals surface area contributed by atoms with Crippen LogP contribution in [0.4, 0.5) is 0 Å². The van der Waals surface area contributed by atoms with Gasteiger partial charge in [-0.15, -0.1) is 0 Å². The van der Waals surface area contributed by atoms with Crippen molar-refractivity contribution in [3.63, 3.8) is 0 Å². The molecule has 0 radical (unpaired) electrons. The van der Waals surface area contributed by atoms with Crippen LogP contribution in [0.15, 0.2) is 122 Å². The predicted octanol–water partition coefficient (Wildman–Crippen LogP) is 11.9. The highest BCUT2D eigenvalue weighted by Gasteiger charge is 2.53. The fraction of sp³-hybridized carbons (Fsp3) is 0.738. The molecule has 19 nitrogen and oxygen atoms in total. The Hall–Kier alpha value is -3.81. The average Bonchev–Trinajstić information content (AvgIpc) is 0.784. The molecule has 0 aliphatic carbocycles. The Kier molecular flexibility index (Phi) is 53.8. The van der Waals surface area contributed by atoms with E-state index in [4.69, 9.17) is 28.4 Å². The van der Waals surface area contributed by atoms with Gasteiger partial charge in [-0.1, -0.05) is 270 Å². The monoisotopic (exact) mass is 1400 g/mol. The minimum Gasteiger partial charge on any atom is -0.394 e. The SMILES string of the molecule is CC/C=C\C/C=C\C/C=C\C/C=C\C/C=C\C/C=C\C/C=C\C/C=C\C/C=C\C/C=C\CCCCCCC(=O)NC(COC1OC(CO)C(OC2OC(CO)C(OC3OC(CO)C(O)C(O)C3O)C(O)C2O)C(O)C1O)C(O)CCCCCCCCCCCCCCCCCCCCC. The highest BCUT2D eigenvalue weighted by atomic mass is 16.8. The van der Waals surface area contributed by atoms with Crippen molar-refractivity contribution in [1.82, 2.24) is 5.32 Å². The van der Waals surface area contributed by atoms with E-state index in [1.807, 2.05) is 0 Å². The van der Waals surface area contributed by atoms with Gasteiger partial charge in [0.2, 0.25) is 5.91 Å². The van der Waals surface area contributed by atoms with Crippen molar-refractivity contribution in [2.75, 3.05) is 26.4 Å². The molecule has 0 spiro atoms. The minimum absolute atomic E-state index is 0.229. The summed E-state index contributed by atoms with van der Waals surface area (Å²) in [4.78, 5) is 13.5. The van der Waals surface area contributed by atoms with Crippen molar-refractivity contribution in [3.8, 4) is 0 Å². The first-order valence-corrected chi connectivity index (χ1v) is 38.3. The Labute approximate surface area is 595 Å². The van der Waals surface area contributed by atoms with E-state index >= 15 is 0 Å². The predicted molar refractivity (Wildman–Crippen MR) is 392 cm³/mol. The maximum atomic E-state index is 13.5. The molecule has 568 valence electrons. The lowest BCUT2D eigenvalue weighted by Gasteiger charge is -2.48. The van der Waals surface area contributed by atoms with Crippen molar-refractivity contribution < 1.29 is 89.4 Å². The first kappa shape index (κ1) is 89.4. The Morgan fingerprint density at radius 3 is 1.09 bits per heavy atom. The van der Waals surface area contributed by atoms with E-state index in [9.17, 15) is 61.0 Å². The molecule has 3 heterocycles. The topological polar surface area (TPSA) is 307 Å². The van der Waals surface area contributed by atoms with Crippen molar-refractivity contribution >= 4 is 5.91 Å². The van der Waals surface area contributed by atoms with Crippen LogP contribution in [-0.2, 0) is 33.2 Å². The molecule has 0 saturated carbocycles. The zero-order valence-electron chi connectivity index (χ0n) is 60.4. The number of ether oxygens (including phenoxy) is 6. The summed E-state index contributed by atoms with van der Waals surface area (Å²) in [5.74, 6) is -0.271. The number of amides is 1. The van der Waals surface area contributed by atoms with Crippen molar-refractivity contribution in [1.29, 1.82) is 0 Å². The minimum atomic E-state index is -1.98. The van der Waals surface area contributed by atoms with Gasteiger partial charge in [-0.25, -0.2) is 0 Å². The van der Waals surface area contributed by atoms with Crippen LogP contribution in [0.3, 0.4) is 0 Å². The molecule has 99 heavy (non-hydrogen) atoms. The van der Waals surface area contributed by atoms with Crippen molar-refractivity contribution in [2.24, 2.45) is 0 Å². The first-order chi connectivity index (χ1) is 48.3. The molecule has 0 aromatic rings. The normalized spacial score (nSPS) is 27.3. The number of carbonyl (C=O) groups excluding carboxylic acids is 1. The second-order valence-electron chi connectivity index (χ2n) is 26.7. The molecule has 3 fully saturated rings. The first-order valence-electron chi connectivity index (χ1n) is 38.3. The number of hydrogen-bond donors (Lipinski definition) is 12. The van der Waals surface area contributed by atoms with Crippen LogP contribution >= 0.6 is 0 Å². The molecule has 3 aliphatic heterocycles. The third kappa shape index (κ3) is 40.2. The fourth-order valence-corrected chi connectivity index (χ4v) is 12.2. The molecular weight excluding hydrogens is 1260 g/mol. The molecule has 12 N–H and O–H groups in total. The van der Waals surface area contributed by atoms with E-state index in [1.54, 1.807) is 0 Å². The van der Waals surface area contributed by atoms with E-state index in [-0.39, 0.29) is 18.9 Å². The van der Waals surface area contributed by atoms with Crippen LogP contribution in [0.2, 0.25) is 0 Å². The summed E-state index contributed by atoms with van der Waals surface area (Å²) in [6.07, 6.45) is 55.5. The summed E-state index contributed by atoms with van der Waals surface area (Å²) in [5.41, 5.74) is 0. The van der Waals surface area contributed by atoms with Crippen LogP contribution in [0, 0.1) is 0 Å². The quantitative estimate of drug-likeness (QED) is 0.0199. The number of rotatable bonds is 58. The second-order valence-corrected chi connectivity index (χ2v) is 26.7. The molecule has 0 aromatic heterocycles. The van der Waals surface area contributed by atoms with Gasteiger partial charge in [0, 0.05) is 6.42 Å². The molecule has 3 aliphatic rings. The summed E-state index contributed by atoms with van der Waals surface area (Å²) in [6.45, 7) is 1.67. The van der Waals surface area contributed by atoms with Gasteiger partial charge in [0.1, 0.15) is 73.2 Å². The van der Waals surface area contributed by atoms with Gasteiger partial charge in [-0.05, 0) is 89.9 Å². The largest absolute Gasteiger partial charge is 0.394 e. The smallest absolute Gasteiger partial charge is 0.220 e. The van der Waals surface area contributed by atoms with E-state index in [2.05, 4.69) is 141 Å². The lowest BCUT2D eigenvalue weighted by molar-refractivity contribution is -0.379. The van der Waals surface area contributed by atoms with Crippen LogP contribution in [0.25, 0.3) is 0 Å².